The van der Waals surface area contributed by atoms with Gasteiger partial charge >= 0.3 is 0 Å². The quantitative estimate of drug-likeness (QED) is 0.589. The maximum Gasteiger partial charge on any atom is 0.222 e. The molecular formula is C22H28ClFN2O3. The first kappa shape index (κ1) is 23.0. The number of amides is 1. The smallest absolute Gasteiger partial charge is 0.222 e. The number of carbonyl (C=O) groups excluding carboxylic acids is 1. The van der Waals surface area contributed by atoms with Crippen molar-refractivity contribution in [1.29, 1.82) is 0 Å². The lowest BCUT2D eigenvalue weighted by molar-refractivity contribution is -0.127. The maximum atomic E-state index is 13.7. The van der Waals surface area contributed by atoms with E-state index in [1.165, 1.54) is 6.07 Å². The standard InChI is InChI=1S/C22H27FN2O3.ClH/c1-27-21-14-17(15-24-11-5-13-25-12-4-8-22(25)26)9-10-20(21)28-16-18-6-2-3-7-19(18)23;/h2-3,6-7,9-10,14,24H,4-5,8,11-13,15-16H2,1H3;1H. The van der Waals surface area contributed by atoms with Gasteiger partial charge in [0.25, 0.3) is 0 Å². The first-order chi connectivity index (χ1) is 13.7. The third-order valence-corrected chi connectivity index (χ3v) is 4.85. The zero-order chi connectivity index (χ0) is 19.8. The van der Waals surface area contributed by atoms with Crippen LogP contribution in [0.4, 0.5) is 4.39 Å². The molecule has 0 aromatic heterocycles. The molecule has 1 amide bonds. The van der Waals surface area contributed by atoms with Crippen LogP contribution < -0.4 is 14.8 Å². The van der Waals surface area contributed by atoms with Gasteiger partial charge in [-0.25, -0.2) is 4.39 Å². The van der Waals surface area contributed by atoms with Crippen LogP contribution in [0.5, 0.6) is 11.5 Å². The molecular weight excluding hydrogens is 395 g/mol. The highest BCUT2D eigenvalue weighted by molar-refractivity contribution is 5.85. The van der Waals surface area contributed by atoms with Crippen LogP contribution in [0, 0.1) is 5.82 Å². The lowest BCUT2D eigenvalue weighted by atomic mass is 10.2. The van der Waals surface area contributed by atoms with Gasteiger partial charge in [-0.3, -0.25) is 4.79 Å². The Balaban J connectivity index is 0.00000300. The van der Waals surface area contributed by atoms with E-state index in [1.807, 2.05) is 23.1 Å². The van der Waals surface area contributed by atoms with E-state index in [9.17, 15) is 9.18 Å². The van der Waals surface area contributed by atoms with Gasteiger partial charge in [0.2, 0.25) is 5.91 Å². The number of nitrogens with one attached hydrogen (secondary N) is 1. The van der Waals surface area contributed by atoms with Gasteiger partial charge < -0.3 is 19.7 Å². The topological polar surface area (TPSA) is 50.8 Å². The fourth-order valence-electron chi connectivity index (χ4n) is 3.28. The summed E-state index contributed by atoms with van der Waals surface area (Å²) in [6.45, 7) is 3.41. The SMILES string of the molecule is COc1cc(CNCCCN2CCCC2=O)ccc1OCc1ccccc1F.Cl. The molecule has 1 fully saturated rings. The molecule has 0 spiro atoms. The molecule has 0 atom stereocenters. The van der Waals surface area contributed by atoms with E-state index < -0.39 is 0 Å². The maximum absolute atomic E-state index is 13.7. The second kappa shape index (κ2) is 11.6. The second-order valence-electron chi connectivity index (χ2n) is 6.88. The molecule has 0 aliphatic carbocycles. The molecule has 29 heavy (non-hydrogen) atoms. The van der Waals surface area contributed by atoms with Crippen LogP contribution in [-0.4, -0.2) is 37.6 Å². The van der Waals surface area contributed by atoms with Crippen LogP contribution in [0.15, 0.2) is 42.5 Å². The van der Waals surface area contributed by atoms with E-state index in [0.29, 0.717) is 30.0 Å². The number of carbonyl (C=O) groups is 1. The Kier molecular flexibility index (Phi) is 9.22. The molecule has 0 radical (unpaired) electrons. The van der Waals surface area contributed by atoms with E-state index in [0.717, 1.165) is 38.0 Å². The summed E-state index contributed by atoms with van der Waals surface area (Å²) in [6.07, 6.45) is 2.61. The summed E-state index contributed by atoms with van der Waals surface area (Å²) in [4.78, 5) is 13.5. The molecule has 1 heterocycles. The largest absolute Gasteiger partial charge is 0.493 e. The Morgan fingerprint density at radius 3 is 2.72 bits per heavy atom. The van der Waals surface area contributed by atoms with E-state index in [1.54, 1.807) is 25.3 Å². The van der Waals surface area contributed by atoms with Crippen molar-refractivity contribution in [2.45, 2.75) is 32.4 Å². The first-order valence-corrected chi connectivity index (χ1v) is 9.69. The van der Waals surface area contributed by atoms with Crippen molar-refractivity contribution in [3.8, 4) is 11.5 Å². The Labute approximate surface area is 177 Å². The molecule has 2 aromatic carbocycles. The predicted octanol–water partition coefficient (Wildman–Crippen LogP) is 3.94. The highest BCUT2D eigenvalue weighted by Gasteiger charge is 2.18. The molecule has 0 unspecified atom stereocenters. The number of methoxy groups -OCH3 is 1. The van der Waals surface area contributed by atoms with Crippen molar-refractivity contribution in [1.82, 2.24) is 10.2 Å². The van der Waals surface area contributed by atoms with Gasteiger partial charge in [0.05, 0.1) is 7.11 Å². The monoisotopic (exact) mass is 422 g/mol. The van der Waals surface area contributed by atoms with Crippen LogP contribution in [-0.2, 0) is 17.9 Å². The first-order valence-electron chi connectivity index (χ1n) is 9.69. The number of hydrogen-bond acceptors (Lipinski definition) is 4. The molecule has 1 saturated heterocycles. The predicted molar refractivity (Wildman–Crippen MR) is 113 cm³/mol. The Hall–Kier alpha value is -2.31. The van der Waals surface area contributed by atoms with Crippen LogP contribution in [0.2, 0.25) is 0 Å². The molecule has 1 aliphatic heterocycles. The van der Waals surface area contributed by atoms with Crippen LogP contribution >= 0.6 is 12.4 Å². The molecule has 2 aromatic rings. The molecule has 0 bridgehead atoms. The second-order valence-corrected chi connectivity index (χ2v) is 6.88. The van der Waals surface area contributed by atoms with Gasteiger partial charge in [-0.05, 0) is 43.1 Å². The van der Waals surface area contributed by atoms with Crippen molar-refractivity contribution in [3.05, 3.63) is 59.4 Å². The number of benzene rings is 2. The Morgan fingerprint density at radius 1 is 1.17 bits per heavy atom. The summed E-state index contributed by atoms with van der Waals surface area (Å²) >= 11 is 0. The van der Waals surface area contributed by atoms with Gasteiger partial charge in [-0.15, -0.1) is 12.4 Å². The molecule has 158 valence electrons. The number of hydrogen-bond donors (Lipinski definition) is 1. The third-order valence-electron chi connectivity index (χ3n) is 4.85. The number of ether oxygens (including phenoxy) is 2. The molecule has 5 nitrogen and oxygen atoms in total. The van der Waals surface area contributed by atoms with Gasteiger partial charge in [0.15, 0.2) is 11.5 Å². The van der Waals surface area contributed by atoms with Gasteiger partial charge in [-0.2, -0.15) is 0 Å². The minimum absolute atomic E-state index is 0. The summed E-state index contributed by atoms with van der Waals surface area (Å²) in [5, 5.41) is 3.39. The van der Waals surface area contributed by atoms with E-state index in [-0.39, 0.29) is 30.7 Å². The summed E-state index contributed by atoms with van der Waals surface area (Å²) < 4.78 is 24.9. The molecule has 7 heteroatoms. The Bertz CT molecular complexity index is 803. The minimum Gasteiger partial charge on any atom is -0.493 e. The van der Waals surface area contributed by atoms with Gasteiger partial charge in [-0.1, -0.05) is 24.3 Å². The van der Waals surface area contributed by atoms with Crippen molar-refractivity contribution < 1.29 is 18.7 Å². The lowest BCUT2D eigenvalue weighted by Crippen LogP contribution is -2.28. The van der Waals surface area contributed by atoms with Gasteiger partial charge in [0, 0.05) is 31.6 Å². The normalized spacial score (nSPS) is 13.3. The highest BCUT2D eigenvalue weighted by Crippen LogP contribution is 2.29. The number of likely N-dealkylation sites (tertiary alicyclic amines) is 1. The van der Waals surface area contributed by atoms with E-state index in [2.05, 4.69) is 5.32 Å². The fourth-order valence-corrected chi connectivity index (χ4v) is 3.28. The van der Waals surface area contributed by atoms with E-state index in [4.69, 9.17) is 9.47 Å². The zero-order valence-corrected chi connectivity index (χ0v) is 17.5. The highest BCUT2D eigenvalue weighted by atomic mass is 35.5. The van der Waals surface area contributed by atoms with Crippen molar-refractivity contribution >= 4 is 18.3 Å². The van der Waals surface area contributed by atoms with Crippen LogP contribution in [0.1, 0.15) is 30.4 Å². The average Bonchev–Trinajstić information content (AvgIpc) is 3.12. The lowest BCUT2D eigenvalue weighted by Gasteiger charge is -2.15. The van der Waals surface area contributed by atoms with Gasteiger partial charge in [0.1, 0.15) is 12.4 Å². The third kappa shape index (κ3) is 6.61. The molecule has 1 N–H and O–H groups in total. The number of halogens is 2. The Morgan fingerprint density at radius 2 is 2.00 bits per heavy atom. The van der Waals surface area contributed by atoms with Crippen molar-refractivity contribution in [2.24, 2.45) is 0 Å². The summed E-state index contributed by atoms with van der Waals surface area (Å²) in [7, 11) is 1.59. The molecule has 3 rings (SSSR count). The zero-order valence-electron chi connectivity index (χ0n) is 16.7. The van der Waals surface area contributed by atoms with Crippen molar-refractivity contribution in [3.63, 3.8) is 0 Å². The van der Waals surface area contributed by atoms with Crippen molar-refractivity contribution in [2.75, 3.05) is 26.7 Å². The molecule has 0 saturated carbocycles. The summed E-state index contributed by atoms with van der Waals surface area (Å²) in [5.74, 6) is 1.20. The summed E-state index contributed by atoms with van der Waals surface area (Å²) in [6, 6.07) is 12.3. The average molecular weight is 423 g/mol. The molecule has 1 aliphatic rings. The number of rotatable bonds is 10. The van der Waals surface area contributed by atoms with Crippen LogP contribution in [0.25, 0.3) is 0 Å². The fraction of sp³-hybridized carbons (Fsp3) is 0.409. The number of nitrogens with zero attached hydrogens (tertiary/aromatic N) is 1. The minimum atomic E-state index is -0.280. The summed E-state index contributed by atoms with van der Waals surface area (Å²) in [5.41, 5.74) is 1.58. The van der Waals surface area contributed by atoms with E-state index >= 15 is 0 Å². The van der Waals surface area contributed by atoms with Crippen LogP contribution in [0.3, 0.4) is 0 Å².